The fourth-order valence-corrected chi connectivity index (χ4v) is 6.28. The van der Waals surface area contributed by atoms with Gasteiger partial charge in [-0.3, -0.25) is 0 Å². The van der Waals surface area contributed by atoms with Crippen LogP contribution < -0.4 is 4.74 Å². The molecule has 2 aromatic heterocycles. The number of carbonyl (C=O) groups is 1. The van der Waals surface area contributed by atoms with E-state index in [4.69, 9.17) is 14.6 Å². The first-order chi connectivity index (χ1) is 20.9. The van der Waals surface area contributed by atoms with Crippen LogP contribution in [0.15, 0.2) is 66.9 Å². The lowest BCUT2D eigenvalue weighted by Gasteiger charge is -2.29. The summed E-state index contributed by atoms with van der Waals surface area (Å²) in [5.74, 6) is -1.29. The van der Waals surface area contributed by atoms with E-state index in [9.17, 15) is 9.90 Å². The molecule has 3 heterocycles. The number of pyridine rings is 1. The Balaban J connectivity index is 1.63. The average molecular weight is 593 g/mol. The van der Waals surface area contributed by atoms with Crippen molar-refractivity contribution in [3.63, 3.8) is 0 Å². The minimum absolute atomic E-state index is 0.283. The second-order valence-electron chi connectivity index (χ2n) is 12.6. The van der Waals surface area contributed by atoms with Gasteiger partial charge in [0.25, 0.3) is 0 Å². The summed E-state index contributed by atoms with van der Waals surface area (Å²) in [5.41, 5.74) is 9.01. The van der Waals surface area contributed by atoms with Gasteiger partial charge in [0.15, 0.2) is 17.7 Å². The van der Waals surface area contributed by atoms with E-state index in [0.717, 1.165) is 39.9 Å². The number of aromatic nitrogens is 2. The van der Waals surface area contributed by atoms with Crippen molar-refractivity contribution in [1.29, 1.82) is 0 Å². The van der Waals surface area contributed by atoms with Crippen LogP contribution in [0.4, 0.5) is 4.39 Å². The summed E-state index contributed by atoms with van der Waals surface area (Å²) in [6, 6.07) is 19.9. The number of ether oxygens (including phenoxy) is 2. The summed E-state index contributed by atoms with van der Waals surface area (Å²) in [5, 5.41) is 15.4. The van der Waals surface area contributed by atoms with Crippen molar-refractivity contribution in [2.24, 2.45) is 0 Å². The van der Waals surface area contributed by atoms with Gasteiger partial charge in [0.2, 0.25) is 0 Å². The zero-order chi connectivity index (χ0) is 31.3. The van der Waals surface area contributed by atoms with Crippen LogP contribution in [0, 0.1) is 26.6 Å². The predicted octanol–water partition coefficient (Wildman–Crippen LogP) is 8.67. The van der Waals surface area contributed by atoms with Gasteiger partial charge in [-0.15, -0.1) is 0 Å². The van der Waals surface area contributed by atoms with Crippen LogP contribution in [-0.2, 0) is 16.0 Å². The summed E-state index contributed by atoms with van der Waals surface area (Å²) in [7, 11) is 0. The standard InChI is InChI=1S/C37H37FN2O4/c1-21-11-7-8-14-26(21)24-12-9-13-25(17-24)30-19-31-33(28-18-29(38)34-27(23(28)3)15-10-16-43-34)32(22(2)20-40(31)39-30)35(36(41)42)44-37(4,5)6/h7-9,11-14,17-20,35H,10,15-16H2,1-6H3,(H,41,42). The molecule has 1 aliphatic heterocycles. The van der Waals surface area contributed by atoms with Gasteiger partial charge in [0.05, 0.1) is 23.4 Å². The number of halogens is 1. The minimum atomic E-state index is -1.28. The fourth-order valence-electron chi connectivity index (χ4n) is 6.28. The van der Waals surface area contributed by atoms with Crippen molar-refractivity contribution in [2.45, 2.75) is 66.1 Å². The molecule has 226 valence electrons. The molecule has 1 unspecified atom stereocenters. The summed E-state index contributed by atoms with van der Waals surface area (Å²) in [6.45, 7) is 11.9. The van der Waals surface area contributed by atoms with E-state index in [1.165, 1.54) is 11.6 Å². The molecule has 0 saturated carbocycles. The average Bonchev–Trinajstić information content (AvgIpc) is 3.41. The molecule has 1 atom stereocenters. The Labute approximate surface area is 257 Å². The highest BCUT2D eigenvalue weighted by atomic mass is 19.1. The molecule has 5 aromatic rings. The third-order valence-corrected chi connectivity index (χ3v) is 8.28. The number of carboxylic acids is 1. The maximum absolute atomic E-state index is 15.7. The Bertz CT molecular complexity index is 1920. The molecule has 0 amide bonds. The highest BCUT2D eigenvalue weighted by molar-refractivity contribution is 5.92. The minimum Gasteiger partial charge on any atom is -0.490 e. The molecule has 0 radical (unpaired) electrons. The largest absolute Gasteiger partial charge is 0.490 e. The van der Waals surface area contributed by atoms with Crippen LogP contribution in [0.2, 0.25) is 0 Å². The van der Waals surface area contributed by atoms with E-state index >= 15 is 4.39 Å². The van der Waals surface area contributed by atoms with Gasteiger partial charge in [0, 0.05) is 28.5 Å². The van der Waals surface area contributed by atoms with Crippen LogP contribution in [-0.4, -0.2) is 32.9 Å². The maximum atomic E-state index is 15.7. The van der Waals surface area contributed by atoms with Crippen molar-refractivity contribution in [2.75, 3.05) is 6.61 Å². The second kappa shape index (κ2) is 11.2. The van der Waals surface area contributed by atoms with Crippen LogP contribution in [0.1, 0.15) is 61.1 Å². The summed E-state index contributed by atoms with van der Waals surface area (Å²) in [6.07, 6.45) is 2.01. The normalized spacial score (nSPS) is 13.9. The van der Waals surface area contributed by atoms with Crippen molar-refractivity contribution >= 4 is 11.5 Å². The Morgan fingerprint density at radius 1 is 1.00 bits per heavy atom. The van der Waals surface area contributed by atoms with E-state index in [1.54, 1.807) is 4.52 Å². The monoisotopic (exact) mass is 592 g/mol. The van der Waals surface area contributed by atoms with Crippen LogP contribution in [0.25, 0.3) is 39.0 Å². The van der Waals surface area contributed by atoms with Gasteiger partial charge in [-0.2, -0.15) is 5.10 Å². The number of aliphatic carboxylic acids is 1. The van der Waals surface area contributed by atoms with Gasteiger partial charge in [-0.25, -0.2) is 13.7 Å². The van der Waals surface area contributed by atoms with E-state index in [-0.39, 0.29) is 5.75 Å². The second-order valence-corrected chi connectivity index (χ2v) is 12.6. The summed E-state index contributed by atoms with van der Waals surface area (Å²) >= 11 is 0. The summed E-state index contributed by atoms with van der Waals surface area (Å²) in [4.78, 5) is 12.8. The third kappa shape index (κ3) is 5.37. The molecule has 0 aliphatic carbocycles. The Kier molecular flexibility index (Phi) is 7.54. The topological polar surface area (TPSA) is 73.1 Å². The molecule has 1 aliphatic rings. The fraction of sp³-hybridized carbons (Fsp3) is 0.297. The van der Waals surface area contributed by atoms with Crippen molar-refractivity contribution in [3.05, 3.63) is 100 Å². The number of fused-ring (bicyclic) bond motifs is 2. The van der Waals surface area contributed by atoms with Crippen LogP contribution in [0.5, 0.6) is 5.75 Å². The number of benzene rings is 3. The molecular formula is C37H37FN2O4. The van der Waals surface area contributed by atoms with Crippen molar-refractivity contribution in [3.8, 4) is 39.3 Å². The molecular weight excluding hydrogens is 555 g/mol. The van der Waals surface area contributed by atoms with E-state index < -0.39 is 23.5 Å². The number of rotatable bonds is 6. The molecule has 1 N–H and O–H groups in total. The van der Waals surface area contributed by atoms with Gasteiger partial charge < -0.3 is 14.6 Å². The van der Waals surface area contributed by atoms with Gasteiger partial charge in [-0.05, 0) is 106 Å². The van der Waals surface area contributed by atoms with Gasteiger partial charge in [-0.1, -0.05) is 42.5 Å². The number of carboxylic acid groups (broad SMARTS) is 1. The molecule has 44 heavy (non-hydrogen) atoms. The quantitative estimate of drug-likeness (QED) is 0.214. The zero-order valence-corrected chi connectivity index (χ0v) is 26.0. The molecule has 3 aromatic carbocycles. The SMILES string of the molecule is Cc1ccccc1-c1cccc(-c2cc3c(-c4cc(F)c5c(c4C)CCCO5)c(C(OC(C)(C)C)C(=O)O)c(C)cn3n2)c1. The third-order valence-electron chi connectivity index (χ3n) is 8.28. The maximum Gasteiger partial charge on any atom is 0.337 e. The number of aryl methyl sites for hydroxylation is 2. The lowest BCUT2D eigenvalue weighted by molar-refractivity contribution is -0.160. The highest BCUT2D eigenvalue weighted by Gasteiger charge is 2.33. The molecule has 7 heteroatoms. The van der Waals surface area contributed by atoms with E-state index in [0.29, 0.717) is 40.8 Å². The summed E-state index contributed by atoms with van der Waals surface area (Å²) < 4.78 is 29.4. The number of hydrogen-bond acceptors (Lipinski definition) is 4. The Morgan fingerprint density at radius 3 is 2.48 bits per heavy atom. The van der Waals surface area contributed by atoms with Gasteiger partial charge >= 0.3 is 5.97 Å². The first-order valence-electron chi connectivity index (χ1n) is 15.0. The molecule has 6 nitrogen and oxygen atoms in total. The Hall–Kier alpha value is -4.49. The first kappa shape index (κ1) is 29.6. The first-order valence-corrected chi connectivity index (χ1v) is 15.0. The smallest absolute Gasteiger partial charge is 0.337 e. The zero-order valence-electron chi connectivity index (χ0n) is 26.0. The highest BCUT2D eigenvalue weighted by Crippen LogP contribution is 2.44. The van der Waals surface area contributed by atoms with E-state index in [2.05, 4.69) is 31.2 Å². The molecule has 0 bridgehead atoms. The van der Waals surface area contributed by atoms with Gasteiger partial charge in [0.1, 0.15) is 0 Å². The number of nitrogens with zero attached hydrogens (tertiary/aromatic N) is 2. The predicted molar refractivity (Wildman–Crippen MR) is 171 cm³/mol. The lowest BCUT2D eigenvalue weighted by atomic mass is 9.86. The lowest BCUT2D eigenvalue weighted by Crippen LogP contribution is -2.28. The molecule has 6 rings (SSSR count). The van der Waals surface area contributed by atoms with E-state index in [1.807, 2.05) is 71.1 Å². The molecule has 0 saturated heterocycles. The van der Waals surface area contributed by atoms with Crippen LogP contribution in [0.3, 0.4) is 0 Å². The molecule has 0 spiro atoms. The number of hydrogen-bond donors (Lipinski definition) is 1. The van der Waals surface area contributed by atoms with Crippen LogP contribution >= 0.6 is 0 Å². The Morgan fingerprint density at radius 2 is 1.75 bits per heavy atom. The van der Waals surface area contributed by atoms with Crippen molar-refractivity contribution < 1.29 is 23.8 Å². The molecule has 0 fully saturated rings. The van der Waals surface area contributed by atoms with Crippen molar-refractivity contribution in [1.82, 2.24) is 9.61 Å².